The fourth-order valence-electron chi connectivity index (χ4n) is 2.09. The lowest BCUT2D eigenvalue weighted by Gasteiger charge is -2.23. The average molecular weight is 278 g/mol. The van der Waals surface area contributed by atoms with E-state index in [0.29, 0.717) is 12.6 Å². The van der Waals surface area contributed by atoms with E-state index in [2.05, 4.69) is 56.2 Å². The highest BCUT2D eigenvalue weighted by Gasteiger charge is 2.09. The first kappa shape index (κ1) is 16.8. The van der Waals surface area contributed by atoms with Crippen molar-refractivity contribution >= 4 is 5.69 Å². The molecule has 20 heavy (non-hydrogen) atoms. The van der Waals surface area contributed by atoms with Gasteiger partial charge in [-0.1, -0.05) is 33.3 Å². The van der Waals surface area contributed by atoms with Crippen LogP contribution in [0.5, 0.6) is 5.75 Å². The molecule has 0 aliphatic carbocycles. The zero-order valence-corrected chi connectivity index (χ0v) is 13.7. The van der Waals surface area contributed by atoms with Crippen molar-refractivity contribution in [1.82, 2.24) is 5.32 Å². The third kappa shape index (κ3) is 5.41. The minimum absolute atomic E-state index is 0.498. The second-order valence-corrected chi connectivity index (χ2v) is 5.55. The second kappa shape index (κ2) is 8.85. The molecule has 1 aromatic rings. The Morgan fingerprint density at radius 2 is 2.00 bits per heavy atom. The predicted molar refractivity (Wildman–Crippen MR) is 87.8 cm³/mol. The van der Waals surface area contributed by atoms with Gasteiger partial charge in [0.15, 0.2) is 0 Å². The van der Waals surface area contributed by atoms with Crippen LogP contribution >= 0.6 is 0 Å². The molecule has 3 nitrogen and oxygen atoms in total. The lowest BCUT2D eigenvalue weighted by molar-refractivity contribution is 0.340. The summed E-state index contributed by atoms with van der Waals surface area (Å²) in [5.41, 5.74) is 2.46. The summed E-state index contributed by atoms with van der Waals surface area (Å²) in [6, 6.07) is 7.03. The van der Waals surface area contributed by atoms with Crippen LogP contribution in [0.1, 0.15) is 46.1 Å². The third-order valence-corrected chi connectivity index (χ3v) is 3.30. The first-order chi connectivity index (χ1) is 9.58. The molecule has 0 unspecified atom stereocenters. The molecular formula is C17H30N2O. The van der Waals surface area contributed by atoms with E-state index < -0.39 is 0 Å². The van der Waals surface area contributed by atoms with E-state index >= 15 is 0 Å². The van der Waals surface area contributed by atoms with E-state index in [1.807, 2.05) is 6.92 Å². The molecule has 1 aromatic carbocycles. The Hall–Kier alpha value is -1.22. The van der Waals surface area contributed by atoms with Gasteiger partial charge in [-0.15, -0.1) is 0 Å². The topological polar surface area (TPSA) is 24.5 Å². The van der Waals surface area contributed by atoms with Crippen molar-refractivity contribution in [1.29, 1.82) is 0 Å². The Bertz CT molecular complexity index is 391. The summed E-state index contributed by atoms with van der Waals surface area (Å²) in [6.45, 7) is 11.2. The minimum Gasteiger partial charge on any atom is -0.492 e. The van der Waals surface area contributed by atoms with Crippen molar-refractivity contribution in [3.05, 3.63) is 23.8 Å². The van der Waals surface area contributed by atoms with Crippen LogP contribution in [0, 0.1) is 0 Å². The number of nitrogens with zero attached hydrogens (tertiary/aromatic N) is 1. The maximum absolute atomic E-state index is 5.82. The molecule has 0 saturated heterocycles. The Balaban J connectivity index is 2.83. The van der Waals surface area contributed by atoms with Crippen molar-refractivity contribution in [3.63, 3.8) is 0 Å². The van der Waals surface area contributed by atoms with Crippen LogP contribution < -0.4 is 15.0 Å². The number of anilines is 1. The predicted octanol–water partition coefficient (Wildman–Crippen LogP) is 3.82. The molecule has 0 radical (unpaired) electrons. The van der Waals surface area contributed by atoms with Gasteiger partial charge in [-0.05, 0) is 31.0 Å². The Labute approximate surface area is 124 Å². The number of unbranched alkanes of at least 4 members (excludes halogenated alkanes) is 1. The molecule has 1 rings (SSSR count). The molecule has 0 aliphatic heterocycles. The maximum Gasteiger partial charge on any atom is 0.142 e. The SMILES string of the molecule is CCCCN(C)c1ccc(CNC(C)C)cc1OCC. The Kier molecular flexibility index (Phi) is 7.45. The fourth-order valence-corrected chi connectivity index (χ4v) is 2.09. The molecule has 3 heteroatoms. The monoisotopic (exact) mass is 278 g/mol. The highest BCUT2D eigenvalue weighted by Crippen LogP contribution is 2.29. The zero-order valence-electron chi connectivity index (χ0n) is 13.7. The van der Waals surface area contributed by atoms with E-state index in [1.165, 1.54) is 24.1 Å². The summed E-state index contributed by atoms with van der Waals surface area (Å²) in [4.78, 5) is 2.29. The van der Waals surface area contributed by atoms with Crippen molar-refractivity contribution in [3.8, 4) is 5.75 Å². The van der Waals surface area contributed by atoms with Gasteiger partial charge >= 0.3 is 0 Å². The Morgan fingerprint density at radius 1 is 1.25 bits per heavy atom. The first-order valence-corrected chi connectivity index (χ1v) is 7.78. The van der Waals surface area contributed by atoms with Crippen molar-refractivity contribution in [2.24, 2.45) is 0 Å². The zero-order chi connectivity index (χ0) is 15.0. The van der Waals surface area contributed by atoms with E-state index in [4.69, 9.17) is 4.74 Å². The van der Waals surface area contributed by atoms with E-state index in [-0.39, 0.29) is 0 Å². The largest absolute Gasteiger partial charge is 0.492 e. The maximum atomic E-state index is 5.82. The van der Waals surface area contributed by atoms with E-state index in [1.54, 1.807) is 0 Å². The van der Waals surface area contributed by atoms with Crippen LogP contribution in [0.3, 0.4) is 0 Å². The van der Waals surface area contributed by atoms with E-state index in [0.717, 1.165) is 18.8 Å². The third-order valence-electron chi connectivity index (χ3n) is 3.30. The molecule has 0 atom stereocenters. The van der Waals surface area contributed by atoms with Gasteiger partial charge in [-0.3, -0.25) is 0 Å². The number of hydrogen-bond acceptors (Lipinski definition) is 3. The van der Waals surface area contributed by atoms with Gasteiger partial charge in [0.2, 0.25) is 0 Å². The minimum atomic E-state index is 0.498. The summed E-state index contributed by atoms with van der Waals surface area (Å²) in [5.74, 6) is 0.995. The molecule has 0 saturated carbocycles. The summed E-state index contributed by atoms with van der Waals surface area (Å²) in [6.07, 6.45) is 2.42. The smallest absolute Gasteiger partial charge is 0.142 e. The van der Waals surface area contributed by atoms with Gasteiger partial charge in [0, 0.05) is 26.2 Å². The highest BCUT2D eigenvalue weighted by atomic mass is 16.5. The molecule has 114 valence electrons. The summed E-state index contributed by atoms with van der Waals surface area (Å²) >= 11 is 0. The highest BCUT2D eigenvalue weighted by molar-refractivity contribution is 5.59. The number of nitrogens with one attached hydrogen (secondary N) is 1. The van der Waals surface area contributed by atoms with Crippen molar-refractivity contribution in [2.45, 2.75) is 53.1 Å². The van der Waals surface area contributed by atoms with Crippen LogP contribution in [0.15, 0.2) is 18.2 Å². The molecule has 0 aromatic heterocycles. The van der Waals surface area contributed by atoms with Gasteiger partial charge in [0.05, 0.1) is 12.3 Å². The molecule has 1 N–H and O–H groups in total. The van der Waals surface area contributed by atoms with Crippen LogP contribution in [0.2, 0.25) is 0 Å². The molecule has 0 spiro atoms. The van der Waals surface area contributed by atoms with Crippen LogP contribution in [-0.2, 0) is 6.54 Å². The van der Waals surface area contributed by atoms with Crippen LogP contribution in [0.25, 0.3) is 0 Å². The lowest BCUT2D eigenvalue weighted by atomic mass is 10.1. The Morgan fingerprint density at radius 3 is 2.60 bits per heavy atom. The first-order valence-electron chi connectivity index (χ1n) is 7.78. The summed E-state index contributed by atoms with van der Waals surface area (Å²) in [5, 5.41) is 3.44. The van der Waals surface area contributed by atoms with Gasteiger partial charge in [0.25, 0.3) is 0 Å². The van der Waals surface area contributed by atoms with Crippen LogP contribution in [0.4, 0.5) is 5.69 Å². The fraction of sp³-hybridized carbons (Fsp3) is 0.647. The average Bonchev–Trinajstić information content (AvgIpc) is 2.43. The van der Waals surface area contributed by atoms with Gasteiger partial charge in [-0.25, -0.2) is 0 Å². The molecule has 0 fully saturated rings. The number of hydrogen-bond donors (Lipinski definition) is 1. The van der Waals surface area contributed by atoms with Crippen molar-refractivity contribution < 1.29 is 4.74 Å². The van der Waals surface area contributed by atoms with Crippen molar-refractivity contribution in [2.75, 3.05) is 25.1 Å². The lowest BCUT2D eigenvalue weighted by Crippen LogP contribution is -2.22. The quantitative estimate of drug-likeness (QED) is 0.743. The van der Waals surface area contributed by atoms with E-state index in [9.17, 15) is 0 Å². The standard InChI is InChI=1S/C17H30N2O/c1-6-8-11-19(5)16-10-9-15(13-18-14(3)4)12-17(16)20-7-2/h9-10,12,14,18H,6-8,11,13H2,1-5H3. The van der Waals surface area contributed by atoms with Gasteiger partial charge in [0.1, 0.15) is 5.75 Å². The van der Waals surface area contributed by atoms with Gasteiger partial charge in [-0.2, -0.15) is 0 Å². The number of rotatable bonds is 9. The normalized spacial score (nSPS) is 10.9. The number of ether oxygens (including phenoxy) is 1. The molecular weight excluding hydrogens is 248 g/mol. The molecule has 0 heterocycles. The molecule has 0 amide bonds. The second-order valence-electron chi connectivity index (χ2n) is 5.55. The van der Waals surface area contributed by atoms with Crippen LogP contribution in [-0.4, -0.2) is 26.2 Å². The summed E-state index contributed by atoms with van der Waals surface area (Å²) in [7, 11) is 2.14. The molecule has 0 aliphatic rings. The molecule has 0 bridgehead atoms. The van der Waals surface area contributed by atoms with Gasteiger partial charge < -0.3 is 15.0 Å². The summed E-state index contributed by atoms with van der Waals surface area (Å²) < 4.78 is 5.82. The number of benzene rings is 1.